The van der Waals surface area contributed by atoms with Gasteiger partial charge in [0.1, 0.15) is 30.3 Å². The van der Waals surface area contributed by atoms with Gasteiger partial charge in [-0.05, 0) is 117 Å². The van der Waals surface area contributed by atoms with E-state index in [1.54, 1.807) is 6.07 Å². The van der Waals surface area contributed by atoms with Crippen LogP contribution in [0.5, 0.6) is 11.5 Å². The second-order valence-electron chi connectivity index (χ2n) is 14.8. The number of hydrogen-bond acceptors (Lipinski definition) is 10. The normalized spacial score (nSPS) is 18.5. The third kappa shape index (κ3) is 11.0. The summed E-state index contributed by atoms with van der Waals surface area (Å²) >= 11 is 0. The molecule has 300 valence electrons. The molecule has 15 heteroatoms. The maximum Gasteiger partial charge on any atom is 0.573 e. The van der Waals surface area contributed by atoms with Crippen molar-refractivity contribution in [3.05, 3.63) is 90.8 Å². The highest BCUT2D eigenvalue weighted by Crippen LogP contribution is 2.31. The highest BCUT2D eigenvalue weighted by atomic mass is 19.4. The lowest BCUT2D eigenvalue weighted by atomic mass is 9.90. The number of ether oxygens (including phenoxy) is 2. The number of aromatic nitrogens is 2. The first-order valence-electron chi connectivity index (χ1n) is 19.4. The van der Waals surface area contributed by atoms with Crippen LogP contribution in [-0.4, -0.2) is 84.8 Å². The minimum Gasteiger partial charge on any atom is -0.492 e. The topological polar surface area (TPSA) is 138 Å². The van der Waals surface area contributed by atoms with Gasteiger partial charge in [-0.2, -0.15) is 0 Å². The highest BCUT2D eigenvalue weighted by Gasteiger charge is 2.31. The molecule has 7 rings (SSSR count). The van der Waals surface area contributed by atoms with Crippen LogP contribution in [0, 0.1) is 11.8 Å². The molecule has 4 heterocycles. The molecule has 0 bridgehead atoms. The average molecular weight is 786 g/mol. The minimum atomic E-state index is -4.75. The maximum atomic E-state index is 12.9. The number of imide groups is 1. The molecule has 1 atom stereocenters. The van der Waals surface area contributed by atoms with E-state index in [4.69, 9.17) is 4.74 Å². The SMILES string of the molecule is O=C1CC[C@@H](c2ccc(N3CCC(CN4CCC(C(=O)NCCOc5ccc(-c6cc(Nc7ccc(OC(F)(F)F)cc7)ncn6)cc5)CC4)CC3)cc2)C(=O)N1. The van der Waals surface area contributed by atoms with Crippen LogP contribution in [0.25, 0.3) is 11.3 Å². The van der Waals surface area contributed by atoms with Crippen molar-refractivity contribution in [2.75, 3.05) is 56.1 Å². The molecule has 0 aliphatic carbocycles. The van der Waals surface area contributed by atoms with E-state index in [0.717, 1.165) is 69.5 Å². The standard InChI is InChI=1S/C42H46F3N7O5/c43-42(44,45)57-35-11-5-32(6-12-35)49-38-25-37(47-27-48-38)30-3-9-34(10-4-30)56-24-19-46-40(54)31-17-20-51(21-18-31)26-28-15-22-52(23-16-28)33-7-1-29(2-8-33)36-13-14-39(53)50-41(36)55/h1-12,25,27-28,31,36H,13-24,26H2,(H,46,54)(H,47,48,49)(H,50,53,55)/t36-/m0/s1. The van der Waals surface area contributed by atoms with Crippen LogP contribution in [0.2, 0.25) is 0 Å². The third-order valence-electron chi connectivity index (χ3n) is 10.8. The average Bonchev–Trinajstić information content (AvgIpc) is 3.21. The summed E-state index contributed by atoms with van der Waals surface area (Å²) in [5, 5.41) is 8.54. The Kier molecular flexibility index (Phi) is 12.5. The Bertz CT molecular complexity index is 1980. The van der Waals surface area contributed by atoms with Crippen LogP contribution in [-0.2, 0) is 14.4 Å². The Balaban J connectivity index is 0.772. The number of anilines is 3. The van der Waals surface area contributed by atoms with Gasteiger partial charge in [0.15, 0.2) is 0 Å². The summed E-state index contributed by atoms with van der Waals surface area (Å²) in [6.07, 6.45) is 1.50. The predicted octanol–water partition coefficient (Wildman–Crippen LogP) is 6.43. The smallest absolute Gasteiger partial charge is 0.492 e. The van der Waals surface area contributed by atoms with Crippen molar-refractivity contribution >= 4 is 34.9 Å². The summed E-state index contributed by atoms with van der Waals surface area (Å²) in [5.41, 5.74) is 4.13. The molecule has 3 aliphatic heterocycles. The molecule has 12 nitrogen and oxygen atoms in total. The molecule has 3 aliphatic rings. The molecule has 3 fully saturated rings. The molecule has 3 saturated heterocycles. The monoisotopic (exact) mass is 785 g/mol. The van der Waals surface area contributed by atoms with Gasteiger partial charge >= 0.3 is 6.36 Å². The van der Waals surface area contributed by atoms with Gasteiger partial charge in [0.25, 0.3) is 0 Å². The molecular formula is C42H46F3N7O5. The summed E-state index contributed by atoms with van der Waals surface area (Å²) in [6.45, 7) is 5.61. The Morgan fingerprint density at radius 2 is 1.54 bits per heavy atom. The summed E-state index contributed by atoms with van der Waals surface area (Å²) in [4.78, 5) is 50.1. The zero-order valence-electron chi connectivity index (χ0n) is 31.5. The van der Waals surface area contributed by atoms with Crippen LogP contribution in [0.3, 0.4) is 0 Å². The molecule has 0 saturated carbocycles. The number of benzene rings is 3. The van der Waals surface area contributed by atoms with Crippen molar-refractivity contribution in [1.82, 2.24) is 25.5 Å². The Morgan fingerprint density at radius 1 is 0.842 bits per heavy atom. The molecule has 1 aromatic heterocycles. The fourth-order valence-corrected chi connectivity index (χ4v) is 7.73. The van der Waals surface area contributed by atoms with Crippen LogP contribution in [0.1, 0.15) is 50.0 Å². The van der Waals surface area contributed by atoms with Crippen LogP contribution < -0.4 is 30.3 Å². The van der Waals surface area contributed by atoms with Crippen molar-refractivity contribution < 1.29 is 37.0 Å². The molecule has 4 aromatic rings. The first-order valence-corrected chi connectivity index (χ1v) is 19.4. The van der Waals surface area contributed by atoms with Gasteiger partial charge in [0.05, 0.1) is 18.2 Å². The Hall–Kier alpha value is -5.70. The number of likely N-dealkylation sites (tertiary alicyclic amines) is 1. The van der Waals surface area contributed by atoms with Gasteiger partial charge in [-0.15, -0.1) is 13.2 Å². The number of amides is 3. The fraction of sp³-hybridized carbons (Fsp3) is 0.405. The first kappa shape index (κ1) is 39.5. The molecule has 3 N–H and O–H groups in total. The summed E-state index contributed by atoms with van der Waals surface area (Å²) < 4.78 is 47.1. The molecule has 0 spiro atoms. The second-order valence-corrected chi connectivity index (χ2v) is 14.8. The van der Waals surface area contributed by atoms with E-state index in [0.29, 0.717) is 54.9 Å². The van der Waals surface area contributed by atoms with Gasteiger partial charge in [-0.3, -0.25) is 19.7 Å². The van der Waals surface area contributed by atoms with E-state index < -0.39 is 6.36 Å². The number of carbonyl (C=O) groups is 3. The molecule has 0 radical (unpaired) electrons. The van der Waals surface area contributed by atoms with E-state index >= 15 is 0 Å². The number of carbonyl (C=O) groups excluding carboxylic acids is 3. The van der Waals surface area contributed by atoms with E-state index in [1.165, 1.54) is 36.3 Å². The summed E-state index contributed by atoms with van der Waals surface area (Å²) in [6, 6.07) is 22.7. The lowest BCUT2D eigenvalue weighted by Crippen LogP contribution is -2.44. The predicted molar refractivity (Wildman–Crippen MR) is 208 cm³/mol. The largest absolute Gasteiger partial charge is 0.573 e. The number of halogens is 3. The van der Waals surface area contributed by atoms with E-state index in [9.17, 15) is 27.6 Å². The van der Waals surface area contributed by atoms with E-state index in [2.05, 4.69) is 52.6 Å². The minimum absolute atomic E-state index is 0.000495. The summed E-state index contributed by atoms with van der Waals surface area (Å²) in [7, 11) is 0. The van der Waals surface area contributed by atoms with Gasteiger partial charge in [0, 0.05) is 55.0 Å². The van der Waals surface area contributed by atoms with Gasteiger partial charge in [-0.25, -0.2) is 9.97 Å². The van der Waals surface area contributed by atoms with Crippen LogP contribution >= 0.6 is 0 Å². The van der Waals surface area contributed by atoms with Crippen molar-refractivity contribution in [3.8, 4) is 22.8 Å². The zero-order valence-corrected chi connectivity index (χ0v) is 31.5. The number of piperidine rings is 3. The number of nitrogens with zero attached hydrogens (tertiary/aromatic N) is 4. The molecule has 3 aromatic carbocycles. The van der Waals surface area contributed by atoms with Gasteiger partial charge in [0.2, 0.25) is 17.7 Å². The van der Waals surface area contributed by atoms with Crippen LogP contribution in [0.4, 0.5) is 30.4 Å². The molecule has 3 amide bonds. The van der Waals surface area contributed by atoms with E-state index in [1.807, 2.05) is 36.4 Å². The highest BCUT2D eigenvalue weighted by molar-refractivity contribution is 6.01. The zero-order chi connectivity index (χ0) is 39.8. The fourth-order valence-electron chi connectivity index (χ4n) is 7.73. The molecule has 0 unspecified atom stereocenters. The quantitative estimate of drug-likeness (QED) is 0.103. The Morgan fingerprint density at radius 3 is 2.23 bits per heavy atom. The van der Waals surface area contributed by atoms with Crippen LogP contribution in [0.15, 0.2) is 85.2 Å². The number of alkyl halides is 3. The van der Waals surface area contributed by atoms with Crippen molar-refractivity contribution in [2.45, 2.75) is 50.8 Å². The number of nitrogens with one attached hydrogen (secondary N) is 3. The first-order chi connectivity index (χ1) is 27.5. The third-order valence-corrected chi connectivity index (χ3v) is 10.8. The van der Waals surface area contributed by atoms with Gasteiger partial charge < -0.3 is 29.9 Å². The van der Waals surface area contributed by atoms with E-state index in [-0.39, 0.29) is 35.3 Å². The lowest BCUT2D eigenvalue weighted by Gasteiger charge is -2.38. The Labute approximate surface area is 329 Å². The van der Waals surface area contributed by atoms with Crippen molar-refractivity contribution in [1.29, 1.82) is 0 Å². The van der Waals surface area contributed by atoms with Crippen molar-refractivity contribution in [3.63, 3.8) is 0 Å². The summed E-state index contributed by atoms with van der Waals surface area (Å²) in [5.74, 6) is 0.850. The number of rotatable bonds is 13. The lowest BCUT2D eigenvalue weighted by molar-refractivity contribution is -0.274. The van der Waals surface area contributed by atoms with Gasteiger partial charge in [-0.1, -0.05) is 12.1 Å². The molecule has 57 heavy (non-hydrogen) atoms. The van der Waals surface area contributed by atoms with Crippen molar-refractivity contribution in [2.24, 2.45) is 11.8 Å². The maximum absolute atomic E-state index is 12.9. The number of hydrogen-bond donors (Lipinski definition) is 3. The second kappa shape index (κ2) is 18.0. The molecular weight excluding hydrogens is 739 g/mol.